The van der Waals surface area contributed by atoms with Crippen molar-refractivity contribution in [2.24, 2.45) is 0 Å². The van der Waals surface area contributed by atoms with E-state index in [9.17, 15) is 4.79 Å². The Morgan fingerprint density at radius 1 is 1.47 bits per heavy atom. The van der Waals surface area contributed by atoms with Gasteiger partial charge in [0.2, 0.25) is 0 Å². The van der Waals surface area contributed by atoms with Crippen molar-refractivity contribution < 1.29 is 9.53 Å². The highest BCUT2D eigenvalue weighted by Gasteiger charge is 2.01. The fourth-order valence-corrected chi connectivity index (χ4v) is 1.81. The Labute approximate surface area is 98.8 Å². The summed E-state index contributed by atoms with van der Waals surface area (Å²) in [5.74, 6) is -0.104. The predicted octanol–water partition coefficient (Wildman–Crippen LogP) is 3.33. The zero-order valence-electron chi connectivity index (χ0n) is 8.83. The molecule has 2 nitrogen and oxygen atoms in total. The molecular formula is C12H15BrO2. The van der Waals surface area contributed by atoms with E-state index in [0.29, 0.717) is 13.0 Å². The van der Waals surface area contributed by atoms with Gasteiger partial charge in [0.1, 0.15) is 0 Å². The summed E-state index contributed by atoms with van der Waals surface area (Å²) in [6.07, 6.45) is 2.26. The summed E-state index contributed by atoms with van der Waals surface area (Å²) in [5, 5.41) is 0. The first-order chi connectivity index (χ1) is 7.22. The lowest BCUT2D eigenvalue weighted by atomic mass is 10.1. The van der Waals surface area contributed by atoms with E-state index in [1.54, 1.807) is 0 Å². The van der Waals surface area contributed by atoms with E-state index in [-0.39, 0.29) is 5.97 Å². The number of ether oxygens (including phenoxy) is 1. The lowest BCUT2D eigenvalue weighted by Gasteiger charge is -2.02. The van der Waals surface area contributed by atoms with Gasteiger partial charge in [-0.25, -0.2) is 0 Å². The number of rotatable bonds is 5. The third kappa shape index (κ3) is 4.98. The van der Waals surface area contributed by atoms with Crippen LogP contribution in [0.5, 0.6) is 0 Å². The summed E-state index contributed by atoms with van der Waals surface area (Å²) in [5.41, 5.74) is 1.24. The molecule has 1 rings (SSSR count). The summed E-state index contributed by atoms with van der Waals surface area (Å²) < 4.78 is 5.94. The molecule has 1 aromatic rings. The van der Waals surface area contributed by atoms with Crippen molar-refractivity contribution in [1.82, 2.24) is 0 Å². The Balaban J connectivity index is 2.28. The number of carbonyl (C=O) groups excluding carboxylic acids is 1. The van der Waals surface area contributed by atoms with Gasteiger partial charge in [0.15, 0.2) is 0 Å². The standard InChI is InChI=1S/C12H15BrO2/c1-2-15-12(14)8-4-6-10-5-3-7-11(13)9-10/h3,5,7,9H,2,4,6,8H2,1H3. The number of benzene rings is 1. The maximum atomic E-state index is 11.1. The van der Waals surface area contributed by atoms with Crippen molar-refractivity contribution in [3.05, 3.63) is 34.3 Å². The molecule has 0 spiro atoms. The molecule has 82 valence electrons. The van der Waals surface area contributed by atoms with Gasteiger partial charge in [0, 0.05) is 10.9 Å². The van der Waals surface area contributed by atoms with Gasteiger partial charge < -0.3 is 4.74 Å². The summed E-state index contributed by atoms with van der Waals surface area (Å²) >= 11 is 3.42. The van der Waals surface area contributed by atoms with Gasteiger partial charge in [-0.05, 0) is 37.5 Å². The molecule has 0 aliphatic carbocycles. The quantitative estimate of drug-likeness (QED) is 0.768. The van der Waals surface area contributed by atoms with Crippen molar-refractivity contribution in [3.63, 3.8) is 0 Å². The van der Waals surface area contributed by atoms with E-state index in [4.69, 9.17) is 4.74 Å². The van der Waals surface area contributed by atoms with Crippen LogP contribution in [0.1, 0.15) is 25.3 Å². The van der Waals surface area contributed by atoms with Crippen LogP contribution in [0.25, 0.3) is 0 Å². The number of aryl methyl sites for hydroxylation is 1. The molecule has 0 saturated carbocycles. The smallest absolute Gasteiger partial charge is 0.305 e. The molecule has 0 aliphatic heterocycles. The van der Waals surface area contributed by atoms with Crippen LogP contribution < -0.4 is 0 Å². The molecule has 0 fully saturated rings. The molecule has 0 bridgehead atoms. The summed E-state index contributed by atoms with van der Waals surface area (Å²) in [6.45, 7) is 2.29. The highest BCUT2D eigenvalue weighted by atomic mass is 79.9. The first-order valence-electron chi connectivity index (χ1n) is 5.12. The van der Waals surface area contributed by atoms with Gasteiger partial charge in [-0.1, -0.05) is 28.1 Å². The third-order valence-electron chi connectivity index (χ3n) is 2.04. The summed E-state index contributed by atoms with van der Waals surface area (Å²) in [7, 11) is 0. The number of halogens is 1. The average molecular weight is 271 g/mol. The molecule has 0 unspecified atom stereocenters. The minimum absolute atomic E-state index is 0.104. The second kappa shape index (κ2) is 6.62. The molecule has 0 aliphatic rings. The molecule has 0 heterocycles. The normalized spacial score (nSPS) is 10.0. The van der Waals surface area contributed by atoms with Gasteiger partial charge >= 0.3 is 5.97 Å². The zero-order chi connectivity index (χ0) is 11.1. The van der Waals surface area contributed by atoms with Crippen molar-refractivity contribution in [3.8, 4) is 0 Å². The second-order valence-electron chi connectivity index (χ2n) is 3.29. The van der Waals surface area contributed by atoms with Gasteiger partial charge in [-0.2, -0.15) is 0 Å². The second-order valence-corrected chi connectivity index (χ2v) is 4.20. The zero-order valence-corrected chi connectivity index (χ0v) is 10.4. The van der Waals surface area contributed by atoms with E-state index in [1.165, 1.54) is 5.56 Å². The van der Waals surface area contributed by atoms with Crippen LogP contribution >= 0.6 is 15.9 Å². The Morgan fingerprint density at radius 3 is 2.93 bits per heavy atom. The molecule has 0 amide bonds. The highest BCUT2D eigenvalue weighted by Crippen LogP contribution is 2.13. The molecule has 0 N–H and O–H groups in total. The van der Waals surface area contributed by atoms with Gasteiger partial charge in [-0.15, -0.1) is 0 Å². The van der Waals surface area contributed by atoms with E-state index in [0.717, 1.165) is 17.3 Å². The molecule has 15 heavy (non-hydrogen) atoms. The lowest BCUT2D eigenvalue weighted by Crippen LogP contribution is -2.03. The van der Waals surface area contributed by atoms with E-state index >= 15 is 0 Å². The van der Waals surface area contributed by atoms with Crippen molar-refractivity contribution >= 4 is 21.9 Å². The SMILES string of the molecule is CCOC(=O)CCCc1cccc(Br)c1. The summed E-state index contributed by atoms with van der Waals surface area (Å²) in [6, 6.07) is 8.14. The Kier molecular flexibility index (Phi) is 5.40. The lowest BCUT2D eigenvalue weighted by molar-refractivity contribution is -0.143. The van der Waals surface area contributed by atoms with Gasteiger partial charge in [0.25, 0.3) is 0 Å². The first kappa shape index (κ1) is 12.2. The predicted molar refractivity (Wildman–Crippen MR) is 63.7 cm³/mol. The molecule has 3 heteroatoms. The molecule has 1 aromatic carbocycles. The molecule has 0 radical (unpaired) electrons. The maximum Gasteiger partial charge on any atom is 0.305 e. The van der Waals surface area contributed by atoms with Crippen LogP contribution in [-0.2, 0) is 16.0 Å². The van der Waals surface area contributed by atoms with Crippen LogP contribution in [0.15, 0.2) is 28.7 Å². The maximum absolute atomic E-state index is 11.1. The van der Waals surface area contributed by atoms with Gasteiger partial charge in [-0.3, -0.25) is 4.79 Å². The monoisotopic (exact) mass is 270 g/mol. The highest BCUT2D eigenvalue weighted by molar-refractivity contribution is 9.10. The van der Waals surface area contributed by atoms with Crippen LogP contribution in [0, 0.1) is 0 Å². The summed E-state index contributed by atoms with van der Waals surface area (Å²) in [4.78, 5) is 11.1. The Hall–Kier alpha value is -0.830. The molecule has 0 aromatic heterocycles. The first-order valence-corrected chi connectivity index (χ1v) is 5.91. The number of carbonyl (C=O) groups is 1. The van der Waals surface area contributed by atoms with Crippen LogP contribution in [0.2, 0.25) is 0 Å². The number of hydrogen-bond acceptors (Lipinski definition) is 2. The third-order valence-corrected chi connectivity index (χ3v) is 2.53. The number of hydrogen-bond donors (Lipinski definition) is 0. The fraction of sp³-hybridized carbons (Fsp3) is 0.417. The van der Waals surface area contributed by atoms with Crippen LogP contribution in [0.4, 0.5) is 0 Å². The minimum Gasteiger partial charge on any atom is -0.466 e. The fourth-order valence-electron chi connectivity index (χ4n) is 1.36. The molecular weight excluding hydrogens is 256 g/mol. The van der Waals surface area contributed by atoms with Crippen molar-refractivity contribution in [2.45, 2.75) is 26.2 Å². The number of esters is 1. The molecule has 0 atom stereocenters. The Morgan fingerprint density at radius 2 is 2.27 bits per heavy atom. The Bertz CT molecular complexity index is 323. The molecule has 0 saturated heterocycles. The van der Waals surface area contributed by atoms with E-state index in [1.807, 2.05) is 19.1 Å². The topological polar surface area (TPSA) is 26.3 Å². The van der Waals surface area contributed by atoms with Crippen molar-refractivity contribution in [1.29, 1.82) is 0 Å². The van der Waals surface area contributed by atoms with Crippen LogP contribution in [0.3, 0.4) is 0 Å². The van der Waals surface area contributed by atoms with Crippen LogP contribution in [-0.4, -0.2) is 12.6 Å². The van der Waals surface area contributed by atoms with Crippen molar-refractivity contribution in [2.75, 3.05) is 6.61 Å². The van der Waals surface area contributed by atoms with Gasteiger partial charge in [0.05, 0.1) is 6.61 Å². The largest absolute Gasteiger partial charge is 0.466 e. The minimum atomic E-state index is -0.104. The van der Waals surface area contributed by atoms with E-state index < -0.39 is 0 Å². The van der Waals surface area contributed by atoms with E-state index in [2.05, 4.69) is 28.1 Å². The average Bonchev–Trinajstić information content (AvgIpc) is 2.18.